The van der Waals surface area contributed by atoms with Crippen LogP contribution in [0.5, 0.6) is 0 Å². The molecule has 5 aliphatic rings. The summed E-state index contributed by atoms with van der Waals surface area (Å²) in [6.45, 7) is 1.25. The van der Waals surface area contributed by atoms with Gasteiger partial charge in [-0.25, -0.2) is 4.39 Å². The Kier molecular flexibility index (Phi) is 5.90. The number of hydrogen-bond acceptors (Lipinski definition) is 2. The van der Waals surface area contributed by atoms with Crippen LogP contribution in [0.3, 0.4) is 0 Å². The number of carbonyl (C=O) groups is 2. The molecule has 5 heteroatoms. The molecule has 4 bridgehead atoms. The largest absolute Gasteiger partial charge is 0.352 e. The van der Waals surface area contributed by atoms with Gasteiger partial charge in [-0.3, -0.25) is 9.59 Å². The van der Waals surface area contributed by atoms with Crippen molar-refractivity contribution >= 4 is 11.8 Å². The number of nitrogens with one attached hydrogen (secondary N) is 1. The second kappa shape index (κ2) is 9.07. The molecule has 2 aromatic rings. The number of rotatable bonds is 6. The summed E-state index contributed by atoms with van der Waals surface area (Å²) < 4.78 is 13.6. The lowest BCUT2D eigenvalue weighted by Gasteiger charge is -2.55. The summed E-state index contributed by atoms with van der Waals surface area (Å²) in [6.07, 6.45) is 9.82. The lowest BCUT2D eigenvalue weighted by atomic mass is 9.49. The summed E-state index contributed by atoms with van der Waals surface area (Å²) in [5.41, 5.74) is 2.50. The van der Waals surface area contributed by atoms with Crippen molar-refractivity contribution < 1.29 is 14.0 Å². The smallest absolute Gasteiger partial charge is 0.254 e. The van der Waals surface area contributed by atoms with E-state index in [9.17, 15) is 14.0 Å². The minimum atomic E-state index is -0.232. The van der Waals surface area contributed by atoms with Crippen molar-refractivity contribution in [2.45, 2.75) is 70.4 Å². The molecule has 4 saturated carbocycles. The van der Waals surface area contributed by atoms with Gasteiger partial charge in [0.15, 0.2) is 0 Å². The highest BCUT2D eigenvalue weighted by Gasteiger charge is 2.54. The summed E-state index contributed by atoms with van der Waals surface area (Å²) in [5.74, 6) is 2.32. The minimum absolute atomic E-state index is 0.0352. The average Bonchev–Trinajstić information content (AvgIpc) is 3.29. The number of nitrogens with zero attached hydrogens (tertiary/aromatic N) is 1. The van der Waals surface area contributed by atoms with E-state index < -0.39 is 0 Å². The van der Waals surface area contributed by atoms with Gasteiger partial charge >= 0.3 is 0 Å². The summed E-state index contributed by atoms with van der Waals surface area (Å²) in [5, 5.41) is 3.23. The fourth-order valence-corrected chi connectivity index (χ4v) is 7.94. The Morgan fingerprint density at radius 3 is 2.29 bits per heavy atom. The SMILES string of the molecule is O=C(c1ccc(CNC(=O)C23CC4CC(CC(C4)C2)C3)cc1)N1CCCC1Cc1cccc(F)c1. The van der Waals surface area contributed by atoms with Crippen LogP contribution >= 0.6 is 0 Å². The molecule has 5 fully saturated rings. The predicted octanol–water partition coefficient (Wildman–Crippen LogP) is 5.51. The van der Waals surface area contributed by atoms with E-state index in [0.717, 1.165) is 67.5 Å². The summed E-state index contributed by atoms with van der Waals surface area (Å²) >= 11 is 0. The number of carbonyl (C=O) groups excluding carboxylic acids is 2. The standard InChI is InChI=1S/C30H35FN2O2/c31-26-4-1-3-21(14-26)15-27-5-2-10-33(27)28(34)25-8-6-20(7-9-25)19-32-29(35)30-16-22-11-23(17-30)13-24(12-22)18-30/h1,3-4,6-9,14,22-24,27H,2,5,10-13,15-19H2,(H,32,35). The first-order valence-electron chi connectivity index (χ1n) is 13.4. The van der Waals surface area contributed by atoms with Crippen molar-refractivity contribution in [1.29, 1.82) is 0 Å². The van der Waals surface area contributed by atoms with Crippen molar-refractivity contribution in [3.8, 4) is 0 Å². The van der Waals surface area contributed by atoms with Crippen molar-refractivity contribution in [3.05, 3.63) is 71.0 Å². The second-order valence-corrected chi connectivity index (χ2v) is 11.7. The normalized spacial score (nSPS) is 31.1. The van der Waals surface area contributed by atoms with Gasteiger partial charge in [0.05, 0.1) is 0 Å². The van der Waals surface area contributed by atoms with Crippen LogP contribution in [0.2, 0.25) is 0 Å². The third-order valence-corrected chi connectivity index (χ3v) is 9.17. The van der Waals surface area contributed by atoms with E-state index in [1.807, 2.05) is 35.2 Å². The molecule has 1 unspecified atom stereocenters. The summed E-state index contributed by atoms with van der Waals surface area (Å²) in [7, 11) is 0. The molecule has 1 saturated heterocycles. The van der Waals surface area contributed by atoms with E-state index in [1.54, 1.807) is 12.1 Å². The van der Waals surface area contributed by atoms with Crippen LogP contribution in [0.25, 0.3) is 0 Å². The molecule has 0 radical (unpaired) electrons. The first kappa shape index (κ1) is 22.8. The zero-order valence-corrected chi connectivity index (χ0v) is 20.3. The maximum absolute atomic E-state index is 13.6. The molecule has 1 heterocycles. The topological polar surface area (TPSA) is 49.4 Å². The molecule has 1 aliphatic heterocycles. The molecule has 2 amide bonds. The Bertz CT molecular complexity index is 1080. The molecule has 35 heavy (non-hydrogen) atoms. The van der Waals surface area contributed by atoms with E-state index in [4.69, 9.17) is 0 Å². The highest BCUT2D eigenvalue weighted by Crippen LogP contribution is 2.60. The van der Waals surface area contributed by atoms with Gasteiger partial charge in [0, 0.05) is 30.1 Å². The lowest BCUT2D eigenvalue weighted by Crippen LogP contribution is -2.53. The molecule has 0 aromatic heterocycles. The van der Waals surface area contributed by atoms with Crippen LogP contribution in [0.4, 0.5) is 4.39 Å². The molecule has 2 aromatic carbocycles. The molecule has 4 aliphatic carbocycles. The number of hydrogen-bond donors (Lipinski definition) is 1. The zero-order chi connectivity index (χ0) is 24.0. The van der Waals surface area contributed by atoms with Crippen molar-refractivity contribution in [3.63, 3.8) is 0 Å². The van der Waals surface area contributed by atoms with Gasteiger partial charge in [0.2, 0.25) is 5.91 Å². The molecule has 4 nitrogen and oxygen atoms in total. The lowest BCUT2D eigenvalue weighted by molar-refractivity contribution is -0.146. The van der Waals surface area contributed by atoms with Crippen LogP contribution in [-0.2, 0) is 17.8 Å². The van der Waals surface area contributed by atoms with Gasteiger partial charge in [-0.1, -0.05) is 24.3 Å². The van der Waals surface area contributed by atoms with Crippen LogP contribution in [-0.4, -0.2) is 29.3 Å². The first-order chi connectivity index (χ1) is 17.0. The Hall–Kier alpha value is -2.69. The Morgan fingerprint density at radius 2 is 1.63 bits per heavy atom. The van der Waals surface area contributed by atoms with Crippen LogP contribution in [0.15, 0.2) is 48.5 Å². The minimum Gasteiger partial charge on any atom is -0.352 e. The second-order valence-electron chi connectivity index (χ2n) is 11.7. The molecule has 1 atom stereocenters. The molecular formula is C30H35FN2O2. The van der Waals surface area contributed by atoms with Gasteiger partial charge in [0.1, 0.15) is 5.82 Å². The van der Waals surface area contributed by atoms with E-state index in [2.05, 4.69) is 5.32 Å². The zero-order valence-electron chi connectivity index (χ0n) is 20.3. The summed E-state index contributed by atoms with van der Waals surface area (Å²) in [4.78, 5) is 28.4. The van der Waals surface area contributed by atoms with E-state index in [0.29, 0.717) is 18.5 Å². The molecule has 1 N–H and O–H groups in total. The molecule has 0 spiro atoms. The quantitative estimate of drug-likeness (QED) is 0.601. The number of amides is 2. The Labute approximate surface area is 207 Å². The molecule has 184 valence electrons. The van der Waals surface area contributed by atoms with Gasteiger partial charge < -0.3 is 10.2 Å². The van der Waals surface area contributed by atoms with Crippen molar-refractivity contribution in [1.82, 2.24) is 10.2 Å². The Balaban J connectivity index is 1.06. The molecule has 7 rings (SSSR count). The Morgan fingerprint density at radius 1 is 0.943 bits per heavy atom. The van der Waals surface area contributed by atoms with Crippen LogP contribution < -0.4 is 5.32 Å². The monoisotopic (exact) mass is 474 g/mol. The van der Waals surface area contributed by atoms with E-state index >= 15 is 0 Å². The van der Waals surface area contributed by atoms with Gasteiger partial charge in [-0.15, -0.1) is 0 Å². The number of halogens is 1. The summed E-state index contributed by atoms with van der Waals surface area (Å²) in [6, 6.07) is 14.5. The van der Waals surface area contributed by atoms with E-state index in [1.165, 1.54) is 25.3 Å². The average molecular weight is 475 g/mol. The van der Waals surface area contributed by atoms with Gasteiger partial charge in [-0.05, 0) is 111 Å². The third kappa shape index (κ3) is 4.50. The number of benzene rings is 2. The van der Waals surface area contributed by atoms with Crippen LogP contribution in [0, 0.1) is 29.0 Å². The maximum Gasteiger partial charge on any atom is 0.254 e. The molecular weight excluding hydrogens is 439 g/mol. The van der Waals surface area contributed by atoms with E-state index in [-0.39, 0.29) is 29.1 Å². The van der Waals surface area contributed by atoms with Crippen molar-refractivity contribution in [2.75, 3.05) is 6.54 Å². The fraction of sp³-hybridized carbons (Fsp3) is 0.533. The van der Waals surface area contributed by atoms with Gasteiger partial charge in [-0.2, -0.15) is 0 Å². The van der Waals surface area contributed by atoms with Crippen molar-refractivity contribution in [2.24, 2.45) is 23.2 Å². The fourth-order valence-electron chi connectivity index (χ4n) is 7.94. The number of likely N-dealkylation sites (tertiary alicyclic amines) is 1. The maximum atomic E-state index is 13.6. The van der Waals surface area contributed by atoms with Crippen LogP contribution in [0.1, 0.15) is 72.9 Å². The highest BCUT2D eigenvalue weighted by atomic mass is 19.1. The predicted molar refractivity (Wildman–Crippen MR) is 133 cm³/mol. The third-order valence-electron chi connectivity index (χ3n) is 9.17. The van der Waals surface area contributed by atoms with Gasteiger partial charge in [0.25, 0.3) is 5.91 Å². The first-order valence-corrected chi connectivity index (χ1v) is 13.4. The highest BCUT2D eigenvalue weighted by molar-refractivity contribution is 5.94.